The molecule has 2 unspecified atom stereocenters. The van der Waals surface area contributed by atoms with Crippen molar-refractivity contribution in [3.63, 3.8) is 0 Å². The molecule has 2 fully saturated rings. The number of allylic oxidation sites excluding steroid dienone is 1. The predicted octanol–water partition coefficient (Wildman–Crippen LogP) is -0.801. The molecule has 0 radical (unpaired) electrons. The molecule has 6 heteroatoms. The van der Waals surface area contributed by atoms with Gasteiger partial charge >= 0.3 is 5.97 Å². The van der Waals surface area contributed by atoms with E-state index in [1.54, 1.807) is 0 Å². The summed E-state index contributed by atoms with van der Waals surface area (Å²) in [6.07, 6.45) is 1.46. The van der Waals surface area contributed by atoms with Gasteiger partial charge in [-0.05, 0) is 0 Å². The lowest BCUT2D eigenvalue weighted by atomic mass is 10.1. The Morgan fingerprint density at radius 2 is 2.40 bits per heavy atom. The van der Waals surface area contributed by atoms with Crippen LogP contribution in [0.5, 0.6) is 0 Å². The molecule has 2 heterocycles. The van der Waals surface area contributed by atoms with Crippen molar-refractivity contribution in [2.24, 2.45) is 0 Å². The van der Waals surface area contributed by atoms with Gasteiger partial charge in [-0.15, -0.1) is 0 Å². The van der Waals surface area contributed by atoms with Gasteiger partial charge in [-0.25, -0.2) is 4.79 Å². The van der Waals surface area contributed by atoms with Crippen LogP contribution in [-0.4, -0.2) is 42.4 Å². The molecule has 6 nitrogen and oxygen atoms in total. The maximum atomic E-state index is 11.4. The Kier molecular flexibility index (Phi) is 2.18. The number of rotatable bonds is 2. The first-order valence-corrected chi connectivity index (χ1v) is 4.40. The SMILES string of the molecule is COC(=O)C1/C(=C\C=O)OC2CC(=O)N21. The minimum Gasteiger partial charge on any atom is -0.471 e. The quantitative estimate of drug-likeness (QED) is 0.259. The normalized spacial score (nSPS) is 30.6. The molecule has 2 aliphatic rings. The summed E-state index contributed by atoms with van der Waals surface area (Å²) < 4.78 is 9.78. The van der Waals surface area contributed by atoms with E-state index in [0.717, 1.165) is 6.08 Å². The van der Waals surface area contributed by atoms with E-state index in [1.165, 1.54) is 12.0 Å². The highest BCUT2D eigenvalue weighted by atomic mass is 16.6. The molecule has 0 aromatic carbocycles. The molecule has 80 valence electrons. The average Bonchev–Trinajstić information content (AvgIpc) is 2.50. The van der Waals surface area contributed by atoms with Crippen LogP contribution in [0, 0.1) is 0 Å². The van der Waals surface area contributed by atoms with E-state index in [2.05, 4.69) is 4.74 Å². The van der Waals surface area contributed by atoms with Crippen molar-refractivity contribution in [2.45, 2.75) is 18.7 Å². The Morgan fingerprint density at radius 3 is 2.93 bits per heavy atom. The molecule has 0 aliphatic carbocycles. The highest BCUT2D eigenvalue weighted by Crippen LogP contribution is 2.36. The van der Waals surface area contributed by atoms with Crippen LogP contribution in [0.1, 0.15) is 6.42 Å². The van der Waals surface area contributed by atoms with Crippen LogP contribution in [0.3, 0.4) is 0 Å². The van der Waals surface area contributed by atoms with Gasteiger partial charge in [-0.2, -0.15) is 0 Å². The molecule has 1 amide bonds. The molecule has 15 heavy (non-hydrogen) atoms. The van der Waals surface area contributed by atoms with Gasteiger partial charge in [0.15, 0.2) is 12.3 Å². The monoisotopic (exact) mass is 211 g/mol. The number of fused-ring (bicyclic) bond motifs is 1. The Morgan fingerprint density at radius 1 is 1.67 bits per heavy atom. The second kappa shape index (κ2) is 3.38. The number of esters is 1. The van der Waals surface area contributed by atoms with Gasteiger partial charge in [0.2, 0.25) is 5.91 Å². The van der Waals surface area contributed by atoms with E-state index in [-0.39, 0.29) is 18.1 Å². The van der Waals surface area contributed by atoms with E-state index >= 15 is 0 Å². The van der Waals surface area contributed by atoms with Crippen LogP contribution in [0.15, 0.2) is 11.8 Å². The summed E-state index contributed by atoms with van der Waals surface area (Å²) in [7, 11) is 1.22. The molecule has 2 aliphatic heterocycles. The predicted molar refractivity (Wildman–Crippen MR) is 46.3 cm³/mol. The molecule has 0 saturated carbocycles. The van der Waals surface area contributed by atoms with E-state index in [4.69, 9.17) is 4.74 Å². The number of amides is 1. The van der Waals surface area contributed by atoms with Gasteiger partial charge in [0.05, 0.1) is 13.5 Å². The van der Waals surface area contributed by atoms with Crippen molar-refractivity contribution in [2.75, 3.05) is 7.11 Å². The molecule has 2 rings (SSSR count). The summed E-state index contributed by atoms with van der Waals surface area (Å²) in [4.78, 5) is 34.2. The Hall–Kier alpha value is -1.85. The lowest BCUT2D eigenvalue weighted by Crippen LogP contribution is -2.55. The third-order valence-electron chi connectivity index (χ3n) is 2.42. The maximum absolute atomic E-state index is 11.4. The summed E-state index contributed by atoms with van der Waals surface area (Å²) in [5.74, 6) is -0.601. The van der Waals surface area contributed by atoms with E-state index < -0.39 is 18.2 Å². The summed E-state index contributed by atoms with van der Waals surface area (Å²) in [6, 6.07) is -0.897. The van der Waals surface area contributed by atoms with E-state index in [9.17, 15) is 14.4 Å². The number of β-lactam (4-membered cyclic amide) rings is 1. The third-order valence-corrected chi connectivity index (χ3v) is 2.42. The zero-order chi connectivity index (χ0) is 11.0. The van der Waals surface area contributed by atoms with Crippen molar-refractivity contribution in [3.05, 3.63) is 11.8 Å². The zero-order valence-corrected chi connectivity index (χ0v) is 8.00. The fraction of sp³-hybridized carbons (Fsp3) is 0.444. The van der Waals surface area contributed by atoms with E-state index in [1.807, 2.05) is 0 Å². The van der Waals surface area contributed by atoms with Crippen LogP contribution in [0.25, 0.3) is 0 Å². The van der Waals surface area contributed by atoms with Gasteiger partial charge in [0, 0.05) is 6.08 Å². The zero-order valence-electron chi connectivity index (χ0n) is 8.00. The molecule has 2 saturated heterocycles. The van der Waals surface area contributed by atoms with Crippen molar-refractivity contribution in [1.82, 2.24) is 4.90 Å². The highest BCUT2D eigenvalue weighted by Gasteiger charge is 2.54. The van der Waals surface area contributed by atoms with Crippen LogP contribution in [0.2, 0.25) is 0 Å². The van der Waals surface area contributed by atoms with Gasteiger partial charge in [0.25, 0.3) is 0 Å². The summed E-state index contributed by atoms with van der Waals surface area (Å²) >= 11 is 0. The number of hydrogen-bond donors (Lipinski definition) is 0. The molecule has 0 bridgehead atoms. The largest absolute Gasteiger partial charge is 0.471 e. The van der Waals surface area contributed by atoms with Crippen molar-refractivity contribution < 1.29 is 23.9 Å². The van der Waals surface area contributed by atoms with Gasteiger partial charge in [0.1, 0.15) is 12.0 Å². The number of aldehydes is 1. The number of nitrogens with zero attached hydrogens (tertiary/aromatic N) is 1. The van der Waals surface area contributed by atoms with Crippen LogP contribution in [0.4, 0.5) is 0 Å². The first-order chi connectivity index (χ1) is 7.19. The van der Waals surface area contributed by atoms with Crippen LogP contribution in [-0.2, 0) is 23.9 Å². The molecular formula is C9H9NO5. The summed E-state index contributed by atoms with van der Waals surface area (Å²) in [6.45, 7) is 0. The molecule has 0 N–H and O–H groups in total. The molecular weight excluding hydrogens is 202 g/mol. The average molecular weight is 211 g/mol. The Balaban J connectivity index is 2.28. The second-order valence-corrected chi connectivity index (χ2v) is 3.21. The Labute approximate surface area is 85.4 Å². The van der Waals surface area contributed by atoms with Crippen molar-refractivity contribution in [1.29, 1.82) is 0 Å². The fourth-order valence-corrected chi connectivity index (χ4v) is 1.71. The third kappa shape index (κ3) is 1.29. The molecule has 0 aromatic heterocycles. The lowest BCUT2D eigenvalue weighted by Gasteiger charge is -2.33. The van der Waals surface area contributed by atoms with Crippen LogP contribution >= 0.6 is 0 Å². The topological polar surface area (TPSA) is 72.9 Å². The first kappa shape index (κ1) is 9.70. The van der Waals surface area contributed by atoms with Crippen molar-refractivity contribution in [3.8, 4) is 0 Å². The number of carbonyl (C=O) groups excluding carboxylic acids is 3. The maximum Gasteiger partial charge on any atom is 0.336 e. The van der Waals surface area contributed by atoms with Crippen molar-refractivity contribution >= 4 is 18.2 Å². The summed E-state index contributed by atoms with van der Waals surface area (Å²) in [5, 5.41) is 0. The van der Waals surface area contributed by atoms with Gasteiger partial charge in [-0.3, -0.25) is 14.5 Å². The van der Waals surface area contributed by atoms with E-state index in [0.29, 0.717) is 6.29 Å². The Bertz CT molecular complexity index is 362. The van der Waals surface area contributed by atoms with Gasteiger partial charge < -0.3 is 9.47 Å². The highest BCUT2D eigenvalue weighted by molar-refractivity contribution is 5.92. The minimum atomic E-state index is -0.897. The molecule has 2 atom stereocenters. The summed E-state index contributed by atoms with van der Waals surface area (Å²) in [5.41, 5.74) is 0. The number of ether oxygens (including phenoxy) is 2. The number of hydrogen-bond acceptors (Lipinski definition) is 5. The molecule has 0 spiro atoms. The van der Waals surface area contributed by atoms with Crippen LogP contribution < -0.4 is 0 Å². The first-order valence-electron chi connectivity index (χ1n) is 4.40. The number of methoxy groups -OCH3 is 1. The minimum absolute atomic E-state index is 0.174. The molecule has 0 aromatic rings. The number of carbonyl (C=O) groups is 3. The smallest absolute Gasteiger partial charge is 0.336 e. The standard InChI is InChI=1S/C9H9NO5/c1-14-9(13)8-5(2-3-11)15-7-4-6(12)10(7)8/h2-3,7-8H,4H2,1H3/b5-2+. The van der Waals surface area contributed by atoms with Gasteiger partial charge in [-0.1, -0.05) is 0 Å². The lowest BCUT2D eigenvalue weighted by molar-refractivity contribution is -0.164. The second-order valence-electron chi connectivity index (χ2n) is 3.21. The fourth-order valence-electron chi connectivity index (χ4n) is 1.71.